The SMILES string of the molecule is COC(=O)N[C@@H]1CCCC[C@H]1C(C)=O. The second-order valence-corrected chi connectivity index (χ2v) is 3.74. The molecule has 0 heterocycles. The van der Waals surface area contributed by atoms with Crippen LogP contribution in [0.15, 0.2) is 0 Å². The Kier molecular flexibility index (Phi) is 3.92. The lowest BCUT2D eigenvalue weighted by atomic mass is 9.82. The van der Waals surface area contributed by atoms with Crippen LogP contribution in [0.1, 0.15) is 32.6 Å². The van der Waals surface area contributed by atoms with Crippen LogP contribution in [0, 0.1) is 5.92 Å². The van der Waals surface area contributed by atoms with E-state index in [0.29, 0.717) is 0 Å². The molecule has 0 aliphatic heterocycles. The first-order chi connectivity index (χ1) is 6.65. The van der Waals surface area contributed by atoms with Gasteiger partial charge in [-0.1, -0.05) is 12.8 Å². The van der Waals surface area contributed by atoms with Crippen LogP contribution >= 0.6 is 0 Å². The third-order valence-electron chi connectivity index (χ3n) is 2.78. The fraction of sp³-hybridized carbons (Fsp3) is 0.800. The third-order valence-corrected chi connectivity index (χ3v) is 2.78. The molecule has 1 fully saturated rings. The van der Waals surface area contributed by atoms with Crippen molar-refractivity contribution in [1.82, 2.24) is 5.32 Å². The summed E-state index contributed by atoms with van der Waals surface area (Å²) < 4.78 is 4.52. The van der Waals surface area contributed by atoms with Crippen LogP contribution in [0.25, 0.3) is 0 Å². The van der Waals surface area contributed by atoms with E-state index in [9.17, 15) is 9.59 Å². The maximum atomic E-state index is 11.3. The van der Waals surface area contributed by atoms with Gasteiger partial charge in [-0.15, -0.1) is 0 Å². The summed E-state index contributed by atoms with van der Waals surface area (Å²) >= 11 is 0. The number of hydrogen-bond donors (Lipinski definition) is 1. The lowest BCUT2D eigenvalue weighted by molar-refractivity contribution is -0.122. The van der Waals surface area contributed by atoms with Crippen LogP contribution in [0.3, 0.4) is 0 Å². The number of carbonyl (C=O) groups is 2. The summed E-state index contributed by atoms with van der Waals surface area (Å²) in [6.07, 6.45) is 3.45. The zero-order valence-electron chi connectivity index (χ0n) is 8.71. The summed E-state index contributed by atoms with van der Waals surface area (Å²) in [5.41, 5.74) is 0. The van der Waals surface area contributed by atoms with Crippen LogP contribution in [0.5, 0.6) is 0 Å². The van der Waals surface area contributed by atoms with E-state index in [1.54, 1.807) is 6.92 Å². The molecule has 0 radical (unpaired) electrons. The smallest absolute Gasteiger partial charge is 0.407 e. The normalized spacial score (nSPS) is 26.7. The van der Waals surface area contributed by atoms with Crippen molar-refractivity contribution in [1.29, 1.82) is 0 Å². The molecule has 14 heavy (non-hydrogen) atoms. The van der Waals surface area contributed by atoms with Gasteiger partial charge in [0.25, 0.3) is 0 Å². The van der Waals surface area contributed by atoms with Crippen molar-refractivity contribution in [3.63, 3.8) is 0 Å². The minimum atomic E-state index is -0.442. The molecule has 1 aliphatic carbocycles. The molecule has 0 aromatic heterocycles. The van der Waals surface area contributed by atoms with Gasteiger partial charge in [-0.25, -0.2) is 4.79 Å². The molecule has 1 aliphatic rings. The number of rotatable bonds is 2. The second kappa shape index (κ2) is 4.98. The summed E-state index contributed by atoms with van der Waals surface area (Å²) in [7, 11) is 1.33. The lowest BCUT2D eigenvalue weighted by Crippen LogP contribution is -2.44. The Bertz CT molecular complexity index is 227. The fourth-order valence-electron chi connectivity index (χ4n) is 2.00. The first-order valence-corrected chi connectivity index (χ1v) is 5.00. The highest BCUT2D eigenvalue weighted by Crippen LogP contribution is 2.25. The summed E-state index contributed by atoms with van der Waals surface area (Å²) in [5, 5.41) is 2.72. The number of nitrogens with one attached hydrogen (secondary N) is 1. The van der Waals surface area contributed by atoms with E-state index in [1.807, 2.05) is 0 Å². The molecule has 0 aromatic rings. The molecule has 1 rings (SSSR count). The number of ether oxygens (including phenoxy) is 1. The molecule has 2 atom stereocenters. The Hall–Kier alpha value is -1.06. The molecule has 0 spiro atoms. The lowest BCUT2D eigenvalue weighted by Gasteiger charge is -2.29. The van der Waals surface area contributed by atoms with E-state index in [1.165, 1.54) is 7.11 Å². The number of alkyl carbamates (subject to hydrolysis) is 1. The first-order valence-electron chi connectivity index (χ1n) is 5.00. The number of ketones is 1. The Labute approximate surface area is 84.0 Å². The van der Waals surface area contributed by atoms with E-state index >= 15 is 0 Å². The van der Waals surface area contributed by atoms with E-state index in [0.717, 1.165) is 25.7 Å². The van der Waals surface area contributed by atoms with Gasteiger partial charge >= 0.3 is 6.09 Å². The Morgan fingerprint density at radius 3 is 2.50 bits per heavy atom. The van der Waals surface area contributed by atoms with E-state index < -0.39 is 6.09 Å². The second-order valence-electron chi connectivity index (χ2n) is 3.74. The van der Waals surface area contributed by atoms with Crippen molar-refractivity contribution < 1.29 is 14.3 Å². The zero-order chi connectivity index (χ0) is 10.6. The van der Waals surface area contributed by atoms with Crippen molar-refractivity contribution in [3.05, 3.63) is 0 Å². The molecule has 4 nitrogen and oxygen atoms in total. The van der Waals surface area contributed by atoms with Gasteiger partial charge in [0.05, 0.1) is 7.11 Å². The van der Waals surface area contributed by atoms with Gasteiger partial charge in [-0.2, -0.15) is 0 Å². The highest BCUT2D eigenvalue weighted by atomic mass is 16.5. The largest absolute Gasteiger partial charge is 0.453 e. The van der Waals surface area contributed by atoms with Crippen LogP contribution < -0.4 is 5.32 Å². The molecule has 4 heteroatoms. The van der Waals surface area contributed by atoms with Crippen LogP contribution in [0.2, 0.25) is 0 Å². The topological polar surface area (TPSA) is 55.4 Å². The van der Waals surface area contributed by atoms with E-state index in [2.05, 4.69) is 10.1 Å². The molecule has 1 amide bonds. The quantitative estimate of drug-likeness (QED) is 0.733. The number of carbonyl (C=O) groups excluding carboxylic acids is 2. The summed E-state index contributed by atoms with van der Waals surface area (Å²) in [5.74, 6) is 0.133. The average molecular weight is 199 g/mol. The fourth-order valence-corrected chi connectivity index (χ4v) is 2.00. The number of methoxy groups -OCH3 is 1. The van der Waals surface area contributed by atoms with Crippen molar-refractivity contribution >= 4 is 11.9 Å². The number of hydrogen-bond acceptors (Lipinski definition) is 3. The minimum Gasteiger partial charge on any atom is -0.453 e. The number of Topliss-reactive ketones (excluding diaryl/α,β-unsaturated/α-hetero) is 1. The first kappa shape index (κ1) is 11.0. The van der Waals surface area contributed by atoms with Gasteiger partial charge in [-0.3, -0.25) is 4.79 Å². The van der Waals surface area contributed by atoms with Gasteiger partial charge in [0.1, 0.15) is 5.78 Å². The molecule has 1 saturated carbocycles. The predicted molar refractivity (Wildman–Crippen MR) is 52.0 cm³/mol. The Morgan fingerprint density at radius 1 is 1.29 bits per heavy atom. The molecule has 0 aromatic carbocycles. The van der Waals surface area contributed by atoms with E-state index in [4.69, 9.17) is 0 Å². The van der Waals surface area contributed by atoms with Gasteiger partial charge in [0.15, 0.2) is 0 Å². The van der Waals surface area contributed by atoms with Crippen molar-refractivity contribution in [2.45, 2.75) is 38.6 Å². The highest BCUT2D eigenvalue weighted by Gasteiger charge is 2.29. The molecule has 0 unspecified atom stereocenters. The van der Waals surface area contributed by atoms with Crippen LogP contribution in [-0.4, -0.2) is 25.0 Å². The highest BCUT2D eigenvalue weighted by molar-refractivity contribution is 5.80. The van der Waals surface area contributed by atoms with Gasteiger partial charge < -0.3 is 10.1 Å². The summed E-state index contributed by atoms with van der Waals surface area (Å²) in [6, 6.07) is -0.0336. The minimum absolute atomic E-state index is 0.0251. The molecular formula is C10H17NO3. The summed E-state index contributed by atoms with van der Waals surface area (Å²) in [6.45, 7) is 1.59. The van der Waals surface area contributed by atoms with Gasteiger partial charge in [0.2, 0.25) is 0 Å². The molecule has 0 bridgehead atoms. The molecule has 1 N–H and O–H groups in total. The van der Waals surface area contributed by atoms with Crippen LogP contribution in [0.4, 0.5) is 4.79 Å². The molecular weight excluding hydrogens is 182 g/mol. The van der Waals surface area contributed by atoms with Crippen molar-refractivity contribution in [2.24, 2.45) is 5.92 Å². The standard InChI is InChI=1S/C10H17NO3/c1-7(12)8-5-3-4-6-9(8)11-10(13)14-2/h8-9H,3-6H2,1-2H3,(H,11,13)/t8-,9+/m0/s1. The summed E-state index contributed by atoms with van der Waals surface area (Å²) in [4.78, 5) is 22.3. The van der Waals surface area contributed by atoms with Crippen molar-refractivity contribution in [3.8, 4) is 0 Å². The maximum Gasteiger partial charge on any atom is 0.407 e. The van der Waals surface area contributed by atoms with Crippen LogP contribution in [-0.2, 0) is 9.53 Å². The Morgan fingerprint density at radius 2 is 1.93 bits per heavy atom. The third kappa shape index (κ3) is 2.72. The van der Waals surface area contributed by atoms with Crippen molar-refractivity contribution in [2.75, 3.05) is 7.11 Å². The predicted octanol–water partition coefficient (Wildman–Crippen LogP) is 1.49. The zero-order valence-corrected chi connectivity index (χ0v) is 8.71. The monoisotopic (exact) mass is 199 g/mol. The van der Waals surface area contributed by atoms with E-state index in [-0.39, 0.29) is 17.7 Å². The van der Waals surface area contributed by atoms with Gasteiger partial charge in [-0.05, 0) is 19.8 Å². The Balaban J connectivity index is 2.54. The molecule has 0 saturated heterocycles. The maximum absolute atomic E-state index is 11.3. The number of amides is 1. The molecule has 80 valence electrons. The average Bonchev–Trinajstić information content (AvgIpc) is 2.18. The van der Waals surface area contributed by atoms with Gasteiger partial charge in [0, 0.05) is 12.0 Å².